The molecule has 2 saturated heterocycles. The van der Waals surface area contributed by atoms with Gasteiger partial charge in [0, 0.05) is 12.8 Å². The second-order valence-electron chi connectivity index (χ2n) is 12.2. The van der Waals surface area contributed by atoms with Crippen LogP contribution in [0.3, 0.4) is 0 Å². The maximum atomic E-state index is 13.5. The molecule has 2 fully saturated rings. The van der Waals surface area contributed by atoms with Crippen molar-refractivity contribution in [2.24, 2.45) is 0 Å². The number of nitrogens with one attached hydrogen (secondary N) is 1. The van der Waals surface area contributed by atoms with Crippen molar-refractivity contribution in [3.05, 3.63) is 105 Å². The summed E-state index contributed by atoms with van der Waals surface area (Å²) in [5.74, 6) is -0.302. The van der Waals surface area contributed by atoms with E-state index in [2.05, 4.69) is 24.9 Å². The average molecular weight is 738 g/mol. The summed E-state index contributed by atoms with van der Waals surface area (Å²) in [7, 11) is -4.80. The SMILES string of the molecule is Nc1ncn([C@H]2C[C@H](OP(=O)(O)OC[C@@H]3O[C@@H](n4cnc5c(=O)[nH]c(N)nc54)C[C@@H]3OCc3ccccc3)[C@@H](COCc3ccccc3)O2)c(=O)n1. The van der Waals surface area contributed by atoms with Crippen molar-refractivity contribution in [2.45, 2.75) is 62.9 Å². The number of nitrogens with two attached hydrogens (primary N) is 2. The molecule has 7 rings (SSSR count). The predicted molar refractivity (Wildman–Crippen MR) is 182 cm³/mol. The molecule has 0 radical (unpaired) electrons. The number of nitrogen functional groups attached to an aromatic ring is 2. The number of nitrogens with zero attached hydrogens (tertiary/aromatic N) is 6. The van der Waals surface area contributed by atoms with Crippen LogP contribution in [0, 0.1) is 0 Å². The van der Waals surface area contributed by atoms with Crippen LogP contribution in [0.15, 0.2) is 82.9 Å². The maximum absolute atomic E-state index is 13.5. The van der Waals surface area contributed by atoms with Crippen molar-refractivity contribution in [3.63, 3.8) is 0 Å². The molecule has 6 N–H and O–H groups in total. The third-order valence-corrected chi connectivity index (χ3v) is 9.56. The van der Waals surface area contributed by atoms with E-state index in [9.17, 15) is 19.0 Å². The minimum atomic E-state index is -4.80. The summed E-state index contributed by atoms with van der Waals surface area (Å²) in [6.07, 6.45) is -2.28. The van der Waals surface area contributed by atoms with E-state index in [0.717, 1.165) is 15.7 Å². The largest absolute Gasteiger partial charge is 0.472 e. The van der Waals surface area contributed by atoms with Crippen molar-refractivity contribution in [1.82, 2.24) is 34.1 Å². The molecule has 3 aromatic heterocycles. The minimum absolute atomic E-state index is 0.0335. The highest BCUT2D eigenvalue weighted by Gasteiger charge is 2.44. The monoisotopic (exact) mass is 737 g/mol. The van der Waals surface area contributed by atoms with Gasteiger partial charge in [0.2, 0.25) is 11.9 Å². The Kier molecular flexibility index (Phi) is 10.5. The molecule has 1 unspecified atom stereocenters. The molecule has 2 aliphatic rings. The van der Waals surface area contributed by atoms with Gasteiger partial charge in [-0.3, -0.25) is 28.0 Å². The number of phosphoric acid groups is 1. The van der Waals surface area contributed by atoms with Crippen LogP contribution in [-0.4, -0.2) is 76.6 Å². The van der Waals surface area contributed by atoms with Crippen molar-refractivity contribution >= 4 is 30.9 Å². The minimum Gasteiger partial charge on any atom is -0.374 e. The number of ether oxygens (including phenoxy) is 4. The third-order valence-electron chi connectivity index (χ3n) is 8.55. The Morgan fingerprint density at radius 2 is 1.48 bits per heavy atom. The molecule has 2 aromatic carbocycles. The van der Waals surface area contributed by atoms with Crippen molar-refractivity contribution in [1.29, 1.82) is 0 Å². The van der Waals surface area contributed by atoms with Gasteiger partial charge in [-0.1, -0.05) is 60.7 Å². The molecule has 274 valence electrons. The van der Waals surface area contributed by atoms with Gasteiger partial charge in [-0.05, 0) is 11.1 Å². The normalized spacial score (nSPS) is 24.3. The molecule has 0 amide bonds. The lowest BCUT2D eigenvalue weighted by Crippen LogP contribution is -2.31. The molecule has 2 aliphatic heterocycles. The number of imidazole rings is 1. The number of fused-ring (bicyclic) bond motifs is 1. The molecular weight excluding hydrogens is 701 g/mol. The predicted octanol–water partition coefficient (Wildman–Crippen LogP) is 1.82. The highest BCUT2D eigenvalue weighted by atomic mass is 31.2. The van der Waals surface area contributed by atoms with Crippen LogP contribution < -0.4 is 22.7 Å². The summed E-state index contributed by atoms with van der Waals surface area (Å²) in [5, 5.41) is 0. The Bertz CT molecular complexity index is 2150. The van der Waals surface area contributed by atoms with Gasteiger partial charge in [0.1, 0.15) is 37.1 Å². The van der Waals surface area contributed by atoms with E-state index in [4.69, 9.17) is 39.5 Å². The highest BCUT2D eigenvalue weighted by molar-refractivity contribution is 7.47. The van der Waals surface area contributed by atoms with Crippen LogP contribution in [0.5, 0.6) is 0 Å². The number of anilines is 2. The van der Waals surface area contributed by atoms with Crippen LogP contribution in [0.25, 0.3) is 11.2 Å². The van der Waals surface area contributed by atoms with Gasteiger partial charge in [-0.25, -0.2) is 19.3 Å². The van der Waals surface area contributed by atoms with E-state index < -0.39 is 62.6 Å². The molecule has 0 bridgehead atoms. The van der Waals surface area contributed by atoms with Crippen LogP contribution >= 0.6 is 7.82 Å². The van der Waals surface area contributed by atoms with Crippen molar-refractivity contribution < 1.29 is 37.5 Å². The standard InChI is InChI=1S/C32H36N9O10P/c33-30-36-18-41(32(43)39-30)26-12-22(23(49-26)15-46-13-19-7-3-1-4-8-19)51-52(44,45)48-16-24-21(47-14-20-9-5-2-6-10-20)11-25(50-24)40-17-35-27-28(40)37-31(34)38-29(27)42/h1-10,17-18,21-26H,11-16H2,(H,44,45)(H2,33,39,43)(H3,34,37,38,42)/t21-,22-,23+,24-,25+,26+/m0/s1. The van der Waals surface area contributed by atoms with Gasteiger partial charge in [0.05, 0.1) is 38.9 Å². The average Bonchev–Trinajstić information content (AvgIpc) is 3.84. The molecule has 7 atom stereocenters. The van der Waals surface area contributed by atoms with E-state index in [1.165, 1.54) is 12.7 Å². The molecule has 5 heterocycles. The zero-order valence-corrected chi connectivity index (χ0v) is 28.4. The Balaban J connectivity index is 1.05. The number of rotatable bonds is 14. The fraction of sp³-hybridized carbons (Fsp3) is 0.375. The van der Waals surface area contributed by atoms with Gasteiger partial charge >= 0.3 is 13.5 Å². The third kappa shape index (κ3) is 8.27. The van der Waals surface area contributed by atoms with Crippen molar-refractivity contribution in [3.8, 4) is 0 Å². The molecule has 52 heavy (non-hydrogen) atoms. The molecule has 0 spiro atoms. The van der Waals surface area contributed by atoms with E-state index in [-0.39, 0.29) is 55.7 Å². The molecule has 5 aromatic rings. The number of H-pyrrole nitrogens is 1. The van der Waals surface area contributed by atoms with Crippen LogP contribution in [0.1, 0.15) is 36.4 Å². The lowest BCUT2D eigenvalue weighted by atomic mass is 10.1. The number of aromatic nitrogens is 7. The zero-order valence-electron chi connectivity index (χ0n) is 27.5. The fourth-order valence-electron chi connectivity index (χ4n) is 6.05. The van der Waals surface area contributed by atoms with E-state index in [0.29, 0.717) is 0 Å². The van der Waals surface area contributed by atoms with Crippen LogP contribution in [0.4, 0.5) is 11.9 Å². The number of hydrogen-bond acceptors (Lipinski definition) is 15. The van der Waals surface area contributed by atoms with E-state index >= 15 is 0 Å². The first-order valence-corrected chi connectivity index (χ1v) is 17.8. The summed E-state index contributed by atoms with van der Waals surface area (Å²) in [6.45, 7) is 0.0117. The van der Waals surface area contributed by atoms with E-state index in [1.807, 2.05) is 60.7 Å². The van der Waals surface area contributed by atoms with Crippen LogP contribution in [-0.2, 0) is 45.8 Å². The lowest BCUT2D eigenvalue weighted by Gasteiger charge is -2.23. The van der Waals surface area contributed by atoms with Crippen LogP contribution in [0.2, 0.25) is 0 Å². The summed E-state index contributed by atoms with van der Waals surface area (Å²) in [5.41, 5.74) is 12.2. The second kappa shape index (κ2) is 15.4. The zero-order chi connectivity index (χ0) is 36.2. The van der Waals surface area contributed by atoms with Gasteiger partial charge < -0.3 is 35.3 Å². The molecule has 0 aliphatic carbocycles. The molecule has 19 nitrogen and oxygen atoms in total. The first kappa shape index (κ1) is 35.5. The second-order valence-corrected chi connectivity index (χ2v) is 13.6. The summed E-state index contributed by atoms with van der Waals surface area (Å²) < 4.78 is 51.7. The van der Waals surface area contributed by atoms with Gasteiger partial charge in [-0.15, -0.1) is 0 Å². The number of phosphoric ester groups is 1. The Morgan fingerprint density at radius 3 is 2.19 bits per heavy atom. The maximum Gasteiger partial charge on any atom is 0.472 e. The smallest absolute Gasteiger partial charge is 0.374 e. The Hall–Kier alpha value is -4.85. The highest BCUT2D eigenvalue weighted by Crippen LogP contribution is 2.49. The number of aromatic amines is 1. The van der Waals surface area contributed by atoms with Gasteiger partial charge in [0.15, 0.2) is 11.2 Å². The topological polar surface area (TPSA) is 256 Å². The lowest BCUT2D eigenvalue weighted by molar-refractivity contribution is -0.0752. The fourth-order valence-corrected chi connectivity index (χ4v) is 7.01. The first-order chi connectivity index (χ1) is 25.1. The Morgan fingerprint density at radius 1 is 0.846 bits per heavy atom. The molecular formula is C32H36N9O10P. The molecule has 0 saturated carbocycles. The van der Waals surface area contributed by atoms with E-state index in [1.54, 1.807) is 4.57 Å². The summed E-state index contributed by atoms with van der Waals surface area (Å²) in [4.78, 5) is 54.2. The summed E-state index contributed by atoms with van der Waals surface area (Å²) in [6, 6.07) is 18.9. The number of benzene rings is 2. The Labute approximate surface area is 295 Å². The van der Waals surface area contributed by atoms with Gasteiger partial charge in [-0.2, -0.15) is 9.97 Å². The first-order valence-electron chi connectivity index (χ1n) is 16.3. The number of hydrogen-bond donors (Lipinski definition) is 4. The van der Waals surface area contributed by atoms with Gasteiger partial charge in [0.25, 0.3) is 5.56 Å². The quantitative estimate of drug-likeness (QED) is 0.119. The summed E-state index contributed by atoms with van der Waals surface area (Å²) >= 11 is 0. The van der Waals surface area contributed by atoms with Crippen molar-refractivity contribution in [2.75, 3.05) is 24.7 Å². The molecule has 20 heteroatoms.